The Hall–Kier alpha value is -1.13. The Morgan fingerprint density at radius 2 is 2.11 bits per heavy atom. The molecule has 0 aromatic heterocycles. The molecule has 0 amide bonds. The number of nitrogens with one attached hydrogen (secondary N) is 1. The molecule has 18 heavy (non-hydrogen) atoms. The second-order valence-corrected chi connectivity index (χ2v) is 4.17. The molecule has 0 heterocycles. The summed E-state index contributed by atoms with van der Waals surface area (Å²) in [6, 6.07) is 4.60. The first kappa shape index (κ1) is 14.9. The van der Waals surface area contributed by atoms with Crippen LogP contribution in [0.3, 0.4) is 0 Å². The molecule has 4 heteroatoms. The van der Waals surface area contributed by atoms with Crippen molar-refractivity contribution in [2.45, 2.75) is 32.7 Å². The van der Waals surface area contributed by atoms with Gasteiger partial charge in [0.25, 0.3) is 0 Å². The summed E-state index contributed by atoms with van der Waals surface area (Å²) in [5.74, 6) is 0.497. The van der Waals surface area contributed by atoms with Gasteiger partial charge in [-0.15, -0.1) is 0 Å². The number of unbranched alkanes of at least 4 members (excludes halogenated alkanes) is 2. The summed E-state index contributed by atoms with van der Waals surface area (Å²) < 4.78 is 18.8. The maximum absolute atomic E-state index is 13.2. The van der Waals surface area contributed by atoms with Crippen LogP contribution in [0, 0.1) is 5.82 Å². The first-order chi connectivity index (χ1) is 8.77. The minimum Gasteiger partial charge on any atom is -0.493 e. The Morgan fingerprint density at radius 3 is 2.83 bits per heavy atom. The van der Waals surface area contributed by atoms with Gasteiger partial charge in [-0.3, -0.25) is 0 Å². The summed E-state index contributed by atoms with van der Waals surface area (Å²) in [6.45, 7) is 4.29. The van der Waals surface area contributed by atoms with E-state index >= 15 is 0 Å². The molecule has 0 aliphatic heterocycles. The maximum atomic E-state index is 13.2. The predicted molar refractivity (Wildman–Crippen MR) is 70.2 cm³/mol. The van der Waals surface area contributed by atoms with E-state index in [1.807, 2.05) is 6.92 Å². The molecule has 0 unspecified atom stereocenters. The lowest BCUT2D eigenvalue weighted by Gasteiger charge is -2.12. The Bertz CT molecular complexity index is 345. The third-order valence-electron chi connectivity index (χ3n) is 2.65. The lowest BCUT2D eigenvalue weighted by molar-refractivity contribution is 0.265. The van der Waals surface area contributed by atoms with Gasteiger partial charge in [-0.05, 0) is 44.0 Å². The number of benzene rings is 1. The van der Waals surface area contributed by atoms with E-state index in [4.69, 9.17) is 9.84 Å². The number of halogens is 1. The van der Waals surface area contributed by atoms with Crippen LogP contribution in [0.1, 0.15) is 31.7 Å². The highest BCUT2D eigenvalue weighted by Crippen LogP contribution is 2.20. The zero-order valence-corrected chi connectivity index (χ0v) is 10.9. The maximum Gasteiger partial charge on any atom is 0.123 e. The fraction of sp³-hybridized carbons (Fsp3) is 0.571. The van der Waals surface area contributed by atoms with E-state index in [2.05, 4.69) is 5.32 Å². The quantitative estimate of drug-likeness (QED) is 0.666. The van der Waals surface area contributed by atoms with Crippen molar-refractivity contribution in [2.24, 2.45) is 0 Å². The lowest BCUT2D eigenvalue weighted by atomic mass is 10.2. The minimum absolute atomic E-state index is 0.224. The summed E-state index contributed by atoms with van der Waals surface area (Å²) in [7, 11) is 0. The molecule has 0 atom stereocenters. The van der Waals surface area contributed by atoms with Crippen molar-refractivity contribution in [2.75, 3.05) is 19.8 Å². The number of aliphatic hydroxyl groups excluding tert-OH is 1. The van der Waals surface area contributed by atoms with Crippen LogP contribution in [0.15, 0.2) is 18.2 Å². The molecule has 0 bridgehead atoms. The molecule has 2 N–H and O–H groups in total. The van der Waals surface area contributed by atoms with Gasteiger partial charge >= 0.3 is 0 Å². The van der Waals surface area contributed by atoms with Gasteiger partial charge in [0, 0.05) is 18.7 Å². The SMILES string of the molecule is CCNCc1cc(F)ccc1OCCCCCO. The van der Waals surface area contributed by atoms with Gasteiger partial charge < -0.3 is 15.2 Å². The normalized spacial score (nSPS) is 10.6. The van der Waals surface area contributed by atoms with E-state index in [-0.39, 0.29) is 12.4 Å². The average Bonchev–Trinajstić information content (AvgIpc) is 2.38. The molecule has 0 aliphatic carbocycles. The van der Waals surface area contributed by atoms with E-state index in [0.717, 1.165) is 37.1 Å². The lowest BCUT2D eigenvalue weighted by Crippen LogP contribution is -2.13. The Kier molecular flexibility index (Phi) is 7.37. The highest BCUT2D eigenvalue weighted by atomic mass is 19.1. The molecule has 1 rings (SSSR count). The van der Waals surface area contributed by atoms with Crippen molar-refractivity contribution < 1.29 is 14.2 Å². The second kappa shape index (κ2) is 8.89. The summed E-state index contributed by atoms with van der Waals surface area (Å²) in [5, 5.41) is 11.8. The van der Waals surface area contributed by atoms with Gasteiger partial charge in [-0.25, -0.2) is 4.39 Å². The van der Waals surface area contributed by atoms with E-state index < -0.39 is 0 Å². The number of ether oxygens (including phenoxy) is 1. The summed E-state index contributed by atoms with van der Waals surface area (Å²) in [5.41, 5.74) is 0.846. The van der Waals surface area contributed by atoms with E-state index in [9.17, 15) is 4.39 Å². The van der Waals surface area contributed by atoms with Crippen molar-refractivity contribution >= 4 is 0 Å². The Labute approximate surface area is 108 Å². The first-order valence-electron chi connectivity index (χ1n) is 6.50. The standard InChI is InChI=1S/C14H22FNO2/c1-2-16-11-12-10-13(15)6-7-14(12)18-9-5-3-4-8-17/h6-7,10,16-17H,2-5,8-9,11H2,1H3. The molecule has 3 nitrogen and oxygen atoms in total. The topological polar surface area (TPSA) is 41.5 Å². The van der Waals surface area contributed by atoms with Crippen molar-refractivity contribution in [3.8, 4) is 5.75 Å². The molecular formula is C14H22FNO2. The molecule has 0 spiro atoms. The van der Waals surface area contributed by atoms with Gasteiger partial charge in [-0.1, -0.05) is 6.92 Å². The van der Waals surface area contributed by atoms with Crippen LogP contribution < -0.4 is 10.1 Å². The molecule has 1 aromatic carbocycles. The summed E-state index contributed by atoms with van der Waals surface area (Å²) in [4.78, 5) is 0. The van der Waals surface area contributed by atoms with E-state index in [1.165, 1.54) is 12.1 Å². The van der Waals surface area contributed by atoms with Crippen molar-refractivity contribution in [1.29, 1.82) is 0 Å². The zero-order chi connectivity index (χ0) is 13.2. The van der Waals surface area contributed by atoms with E-state index in [1.54, 1.807) is 6.07 Å². The fourth-order valence-electron chi connectivity index (χ4n) is 1.66. The molecule has 0 saturated carbocycles. The van der Waals surface area contributed by atoms with Crippen LogP contribution in [-0.2, 0) is 6.54 Å². The van der Waals surface area contributed by atoms with Crippen LogP contribution in [0.2, 0.25) is 0 Å². The number of hydrogen-bond donors (Lipinski definition) is 2. The summed E-state index contributed by atoms with van der Waals surface area (Å²) >= 11 is 0. The zero-order valence-electron chi connectivity index (χ0n) is 10.9. The predicted octanol–water partition coefficient (Wildman–Crippen LogP) is 2.48. The van der Waals surface area contributed by atoms with Gasteiger partial charge in [-0.2, -0.15) is 0 Å². The van der Waals surface area contributed by atoms with Crippen LogP contribution in [-0.4, -0.2) is 24.9 Å². The van der Waals surface area contributed by atoms with Crippen molar-refractivity contribution in [3.05, 3.63) is 29.6 Å². The number of aliphatic hydroxyl groups is 1. The van der Waals surface area contributed by atoms with Crippen molar-refractivity contribution in [3.63, 3.8) is 0 Å². The van der Waals surface area contributed by atoms with Crippen LogP contribution in [0.25, 0.3) is 0 Å². The molecule has 102 valence electrons. The second-order valence-electron chi connectivity index (χ2n) is 4.17. The number of hydrogen-bond acceptors (Lipinski definition) is 3. The molecule has 0 saturated heterocycles. The summed E-state index contributed by atoms with van der Waals surface area (Å²) in [6.07, 6.45) is 2.65. The fourth-order valence-corrected chi connectivity index (χ4v) is 1.66. The molecule has 0 fully saturated rings. The van der Waals surface area contributed by atoms with E-state index in [0.29, 0.717) is 13.2 Å². The third kappa shape index (κ3) is 5.47. The first-order valence-corrected chi connectivity index (χ1v) is 6.50. The van der Waals surface area contributed by atoms with Gasteiger partial charge in [0.05, 0.1) is 6.61 Å². The number of rotatable bonds is 9. The van der Waals surface area contributed by atoms with Gasteiger partial charge in [0.1, 0.15) is 11.6 Å². The Morgan fingerprint density at radius 1 is 1.28 bits per heavy atom. The molecule has 1 aromatic rings. The third-order valence-corrected chi connectivity index (χ3v) is 2.65. The minimum atomic E-state index is -0.240. The van der Waals surface area contributed by atoms with Gasteiger partial charge in [0.2, 0.25) is 0 Å². The van der Waals surface area contributed by atoms with Crippen LogP contribution >= 0.6 is 0 Å². The molecular weight excluding hydrogens is 233 g/mol. The van der Waals surface area contributed by atoms with Crippen molar-refractivity contribution in [1.82, 2.24) is 5.32 Å². The molecule has 0 radical (unpaired) electrons. The van der Waals surface area contributed by atoms with Crippen LogP contribution in [0.4, 0.5) is 4.39 Å². The smallest absolute Gasteiger partial charge is 0.123 e. The van der Waals surface area contributed by atoms with Crippen LogP contribution in [0.5, 0.6) is 5.75 Å². The Balaban J connectivity index is 2.47. The highest BCUT2D eigenvalue weighted by Gasteiger charge is 2.05. The largest absolute Gasteiger partial charge is 0.493 e. The highest BCUT2D eigenvalue weighted by molar-refractivity contribution is 5.33. The van der Waals surface area contributed by atoms with Gasteiger partial charge in [0.15, 0.2) is 0 Å². The molecule has 0 aliphatic rings. The monoisotopic (exact) mass is 255 g/mol. The average molecular weight is 255 g/mol.